The van der Waals surface area contributed by atoms with Gasteiger partial charge in [-0.25, -0.2) is 0 Å². The highest BCUT2D eigenvalue weighted by atomic mass is 35.5. The van der Waals surface area contributed by atoms with E-state index in [0.29, 0.717) is 32.4 Å². The van der Waals surface area contributed by atoms with Crippen molar-refractivity contribution >= 4 is 46.4 Å². The van der Waals surface area contributed by atoms with Crippen molar-refractivity contribution in [2.75, 3.05) is 7.05 Å². The molecular weight excluding hydrogens is 352 g/mol. The lowest BCUT2D eigenvalue weighted by Gasteiger charge is -2.15. The Morgan fingerprint density at radius 1 is 1.00 bits per heavy atom. The number of hydrogen-bond acceptors (Lipinski definition) is 2. The van der Waals surface area contributed by atoms with Gasteiger partial charge in [-0.1, -0.05) is 52.5 Å². The third-order valence-electron chi connectivity index (χ3n) is 2.88. The molecule has 1 N–H and O–H groups in total. The van der Waals surface area contributed by atoms with Gasteiger partial charge in [-0.3, -0.25) is 0 Å². The normalized spacial score (nSPS) is 10.7. The third-order valence-corrected chi connectivity index (χ3v) is 4.08. The number of rotatable bonds is 5. The molecule has 2 aromatic rings. The second kappa shape index (κ2) is 7.57. The molecule has 0 saturated carbocycles. The van der Waals surface area contributed by atoms with Crippen molar-refractivity contribution in [3.8, 4) is 5.75 Å². The van der Waals surface area contributed by atoms with E-state index < -0.39 is 0 Å². The largest absolute Gasteiger partial charge is 0.487 e. The van der Waals surface area contributed by atoms with E-state index in [2.05, 4.69) is 5.32 Å². The molecule has 0 bridgehead atoms. The molecule has 0 amide bonds. The van der Waals surface area contributed by atoms with Gasteiger partial charge in [0.25, 0.3) is 0 Å². The van der Waals surface area contributed by atoms with E-state index in [1.54, 1.807) is 24.3 Å². The summed E-state index contributed by atoms with van der Waals surface area (Å²) in [7, 11) is 1.84. The Kier molecular flexibility index (Phi) is 6.03. The van der Waals surface area contributed by atoms with Crippen molar-refractivity contribution in [2.24, 2.45) is 0 Å². The molecule has 6 heteroatoms. The van der Waals surface area contributed by atoms with Crippen molar-refractivity contribution < 1.29 is 4.74 Å². The van der Waals surface area contributed by atoms with Gasteiger partial charge in [-0.15, -0.1) is 0 Å². The molecule has 0 radical (unpaired) electrons. The van der Waals surface area contributed by atoms with Gasteiger partial charge in [0, 0.05) is 32.7 Å². The van der Waals surface area contributed by atoms with E-state index >= 15 is 0 Å². The Labute approximate surface area is 143 Å². The molecular formula is C15H13Cl4NO. The molecule has 0 spiro atoms. The van der Waals surface area contributed by atoms with Crippen LogP contribution in [-0.4, -0.2) is 7.05 Å². The molecule has 2 nitrogen and oxygen atoms in total. The minimum absolute atomic E-state index is 0.233. The van der Waals surface area contributed by atoms with E-state index in [9.17, 15) is 0 Å². The maximum atomic E-state index is 6.21. The predicted molar refractivity (Wildman–Crippen MR) is 90.0 cm³/mol. The number of ether oxygens (including phenoxy) is 1. The molecule has 2 aromatic carbocycles. The van der Waals surface area contributed by atoms with E-state index in [1.807, 2.05) is 13.1 Å². The monoisotopic (exact) mass is 363 g/mol. The summed E-state index contributed by atoms with van der Waals surface area (Å²) >= 11 is 24.5. The fourth-order valence-electron chi connectivity index (χ4n) is 1.91. The smallest absolute Gasteiger partial charge is 0.142 e. The summed E-state index contributed by atoms with van der Waals surface area (Å²) in [6, 6.07) is 8.78. The van der Waals surface area contributed by atoms with E-state index in [1.165, 1.54) is 0 Å². The second-order valence-corrected chi connectivity index (χ2v) is 6.05. The van der Waals surface area contributed by atoms with Gasteiger partial charge in [0.2, 0.25) is 0 Å². The highest BCUT2D eigenvalue weighted by Crippen LogP contribution is 2.34. The molecule has 0 saturated heterocycles. The molecule has 0 fully saturated rings. The van der Waals surface area contributed by atoms with Gasteiger partial charge in [-0.05, 0) is 31.3 Å². The molecule has 0 unspecified atom stereocenters. The molecule has 0 aliphatic carbocycles. The van der Waals surface area contributed by atoms with Crippen LogP contribution >= 0.6 is 46.4 Å². The topological polar surface area (TPSA) is 21.3 Å². The van der Waals surface area contributed by atoms with Crippen LogP contribution in [0.4, 0.5) is 0 Å². The zero-order valence-corrected chi connectivity index (χ0v) is 14.2. The van der Waals surface area contributed by atoms with Gasteiger partial charge in [0.1, 0.15) is 12.4 Å². The van der Waals surface area contributed by atoms with Crippen molar-refractivity contribution in [1.82, 2.24) is 5.32 Å². The number of nitrogens with one attached hydrogen (secondary N) is 1. The van der Waals surface area contributed by atoms with Crippen molar-refractivity contribution in [1.29, 1.82) is 0 Å². The average Bonchev–Trinajstić information content (AvgIpc) is 2.40. The molecule has 0 aromatic heterocycles. The minimum Gasteiger partial charge on any atom is -0.487 e. The van der Waals surface area contributed by atoms with Gasteiger partial charge in [0.05, 0.1) is 5.02 Å². The first-order valence-electron chi connectivity index (χ1n) is 6.21. The summed E-state index contributed by atoms with van der Waals surface area (Å²) in [5, 5.41) is 5.18. The van der Waals surface area contributed by atoms with Crippen molar-refractivity contribution in [3.05, 3.63) is 61.5 Å². The fourth-order valence-corrected chi connectivity index (χ4v) is 3.01. The summed E-state index contributed by atoms with van der Waals surface area (Å²) in [6.07, 6.45) is 0. The summed E-state index contributed by atoms with van der Waals surface area (Å²) in [4.78, 5) is 0. The summed E-state index contributed by atoms with van der Waals surface area (Å²) in [5.41, 5.74) is 1.60. The average molecular weight is 365 g/mol. The van der Waals surface area contributed by atoms with Crippen LogP contribution in [-0.2, 0) is 13.2 Å². The van der Waals surface area contributed by atoms with Crippen LogP contribution in [0.3, 0.4) is 0 Å². The van der Waals surface area contributed by atoms with Crippen LogP contribution in [0.25, 0.3) is 0 Å². The molecule has 0 heterocycles. The maximum absolute atomic E-state index is 6.21. The van der Waals surface area contributed by atoms with Crippen molar-refractivity contribution in [3.63, 3.8) is 0 Å². The molecule has 21 heavy (non-hydrogen) atoms. The zero-order chi connectivity index (χ0) is 15.4. The van der Waals surface area contributed by atoms with Crippen LogP contribution in [0.5, 0.6) is 5.75 Å². The molecule has 2 rings (SSSR count). The highest BCUT2D eigenvalue weighted by Gasteiger charge is 2.13. The predicted octanol–water partition coefficient (Wildman–Crippen LogP) is 5.60. The minimum atomic E-state index is 0.233. The Balaban J connectivity index is 2.27. The van der Waals surface area contributed by atoms with Gasteiger partial charge >= 0.3 is 0 Å². The van der Waals surface area contributed by atoms with Gasteiger partial charge < -0.3 is 10.1 Å². The Morgan fingerprint density at radius 3 is 2.29 bits per heavy atom. The number of halogens is 4. The van der Waals surface area contributed by atoms with Crippen molar-refractivity contribution in [2.45, 2.75) is 13.2 Å². The Bertz CT molecular complexity index is 626. The maximum Gasteiger partial charge on any atom is 0.142 e. The first-order chi connectivity index (χ1) is 10.0. The summed E-state index contributed by atoms with van der Waals surface area (Å²) < 4.78 is 5.82. The number of benzene rings is 2. The molecule has 112 valence electrons. The van der Waals surface area contributed by atoms with Gasteiger partial charge in [-0.2, -0.15) is 0 Å². The lowest BCUT2D eigenvalue weighted by molar-refractivity contribution is 0.303. The van der Waals surface area contributed by atoms with Crippen LogP contribution in [0, 0.1) is 0 Å². The lowest BCUT2D eigenvalue weighted by Crippen LogP contribution is -2.08. The van der Waals surface area contributed by atoms with E-state index in [4.69, 9.17) is 51.1 Å². The molecule has 0 atom stereocenters. The first kappa shape index (κ1) is 16.7. The van der Waals surface area contributed by atoms with Gasteiger partial charge in [0.15, 0.2) is 0 Å². The Morgan fingerprint density at radius 2 is 1.67 bits per heavy atom. The fraction of sp³-hybridized carbons (Fsp3) is 0.200. The summed E-state index contributed by atoms with van der Waals surface area (Å²) in [5.74, 6) is 0.575. The highest BCUT2D eigenvalue weighted by molar-refractivity contribution is 6.36. The third kappa shape index (κ3) is 4.18. The molecule has 0 aliphatic heterocycles. The van der Waals surface area contributed by atoms with Crippen LogP contribution in [0.2, 0.25) is 20.1 Å². The standard InChI is InChI=1S/C15H13Cl4NO/c1-20-7-9-5-10(16)6-14(19)15(9)21-8-11-12(17)3-2-4-13(11)18/h2-6,20H,7-8H2,1H3. The summed E-state index contributed by atoms with van der Waals surface area (Å²) in [6.45, 7) is 0.822. The number of hydrogen-bond donors (Lipinski definition) is 1. The van der Waals surface area contributed by atoms with E-state index in [-0.39, 0.29) is 6.61 Å². The van der Waals surface area contributed by atoms with E-state index in [0.717, 1.165) is 11.1 Å². The lowest BCUT2D eigenvalue weighted by atomic mass is 10.2. The SMILES string of the molecule is CNCc1cc(Cl)cc(Cl)c1OCc1c(Cl)cccc1Cl. The first-order valence-corrected chi connectivity index (χ1v) is 7.72. The van der Waals surface area contributed by atoms with Crippen LogP contribution in [0.1, 0.15) is 11.1 Å². The van der Waals surface area contributed by atoms with Crippen LogP contribution in [0.15, 0.2) is 30.3 Å². The second-order valence-electron chi connectivity index (χ2n) is 4.40. The Hall–Kier alpha value is -0.640. The zero-order valence-electron chi connectivity index (χ0n) is 11.2. The quantitative estimate of drug-likeness (QED) is 0.745. The van der Waals surface area contributed by atoms with Crippen LogP contribution < -0.4 is 10.1 Å². The molecule has 0 aliphatic rings.